The Balaban J connectivity index is 1.42. The molecule has 2 nitrogen and oxygen atoms in total. The van der Waals surface area contributed by atoms with E-state index in [1.165, 1.54) is 32.4 Å². The molecule has 102 valence electrons. The normalized spacial score (nSPS) is 51.3. The lowest BCUT2D eigenvalue weighted by Crippen LogP contribution is -2.56. The zero-order valence-electron chi connectivity index (χ0n) is 11.5. The summed E-state index contributed by atoms with van der Waals surface area (Å²) < 4.78 is 0. The van der Waals surface area contributed by atoms with Gasteiger partial charge in [-0.1, -0.05) is 0 Å². The van der Waals surface area contributed by atoms with Crippen molar-refractivity contribution < 1.29 is 0 Å². The molecule has 1 heterocycles. The summed E-state index contributed by atoms with van der Waals surface area (Å²) in [5.41, 5.74) is 0. The van der Waals surface area contributed by atoms with E-state index in [0.717, 1.165) is 35.8 Å². The number of nitrogens with one attached hydrogen (secondary N) is 2. The second-order valence-electron chi connectivity index (χ2n) is 7.50. The predicted octanol–water partition coefficient (Wildman–Crippen LogP) is 2.54. The van der Waals surface area contributed by atoms with Crippen LogP contribution in [0.1, 0.15) is 51.4 Å². The summed E-state index contributed by atoms with van der Waals surface area (Å²) in [5.74, 6) is 4.30. The molecule has 5 aliphatic rings. The molecular formula is C16H28N2. The van der Waals surface area contributed by atoms with Crippen molar-refractivity contribution in [1.82, 2.24) is 10.6 Å². The second-order valence-corrected chi connectivity index (χ2v) is 7.50. The lowest BCUT2D eigenvalue weighted by atomic mass is 9.54. The molecule has 0 aromatic heterocycles. The monoisotopic (exact) mass is 248 g/mol. The van der Waals surface area contributed by atoms with Crippen LogP contribution >= 0.6 is 0 Å². The molecule has 0 spiro atoms. The molecule has 4 saturated carbocycles. The largest absolute Gasteiger partial charge is 0.317 e. The van der Waals surface area contributed by atoms with Crippen LogP contribution in [0.5, 0.6) is 0 Å². The summed E-state index contributed by atoms with van der Waals surface area (Å²) >= 11 is 0. The van der Waals surface area contributed by atoms with Crippen molar-refractivity contribution in [2.45, 2.75) is 63.5 Å². The fraction of sp³-hybridized carbons (Fsp3) is 1.00. The van der Waals surface area contributed by atoms with Crippen molar-refractivity contribution in [1.29, 1.82) is 0 Å². The smallest absolute Gasteiger partial charge is 0.0127 e. The molecule has 4 bridgehead atoms. The van der Waals surface area contributed by atoms with E-state index in [0.29, 0.717) is 0 Å². The second kappa shape index (κ2) is 4.79. The van der Waals surface area contributed by atoms with Crippen molar-refractivity contribution >= 4 is 0 Å². The standard InChI is InChI=1S/C16H28N2/c1-2-15(3-5-17-4-1)18-16-13-7-11-6-12(9-13)10-14(16)8-11/h11-18H,1-10H2. The van der Waals surface area contributed by atoms with Gasteiger partial charge in [0.05, 0.1) is 0 Å². The Morgan fingerprint density at radius 3 is 2.22 bits per heavy atom. The van der Waals surface area contributed by atoms with Crippen molar-refractivity contribution in [3.63, 3.8) is 0 Å². The molecular weight excluding hydrogens is 220 g/mol. The van der Waals surface area contributed by atoms with Crippen LogP contribution in [-0.4, -0.2) is 25.2 Å². The van der Waals surface area contributed by atoms with E-state index in [9.17, 15) is 0 Å². The van der Waals surface area contributed by atoms with Gasteiger partial charge in [0, 0.05) is 12.1 Å². The van der Waals surface area contributed by atoms with Crippen molar-refractivity contribution in [3.8, 4) is 0 Å². The van der Waals surface area contributed by atoms with Gasteiger partial charge >= 0.3 is 0 Å². The molecule has 0 amide bonds. The quantitative estimate of drug-likeness (QED) is 0.785. The Labute approximate surface area is 111 Å². The average Bonchev–Trinajstić information content (AvgIpc) is 2.61. The van der Waals surface area contributed by atoms with E-state index < -0.39 is 0 Å². The molecule has 0 aromatic rings. The molecule has 1 atom stereocenters. The minimum Gasteiger partial charge on any atom is -0.317 e. The van der Waals surface area contributed by atoms with Crippen LogP contribution in [0.2, 0.25) is 0 Å². The molecule has 5 rings (SSSR count). The minimum absolute atomic E-state index is 0.808. The van der Waals surface area contributed by atoms with Gasteiger partial charge in [-0.05, 0) is 88.1 Å². The Morgan fingerprint density at radius 2 is 1.50 bits per heavy atom. The number of hydrogen-bond donors (Lipinski definition) is 2. The maximum Gasteiger partial charge on any atom is 0.0127 e. The van der Waals surface area contributed by atoms with Crippen molar-refractivity contribution in [3.05, 3.63) is 0 Å². The van der Waals surface area contributed by atoms with Gasteiger partial charge in [-0.25, -0.2) is 0 Å². The van der Waals surface area contributed by atoms with Crippen molar-refractivity contribution in [2.24, 2.45) is 23.7 Å². The van der Waals surface area contributed by atoms with Gasteiger partial charge in [0.1, 0.15) is 0 Å². The van der Waals surface area contributed by atoms with E-state index in [4.69, 9.17) is 0 Å². The molecule has 1 saturated heterocycles. The number of hydrogen-bond acceptors (Lipinski definition) is 2. The average molecular weight is 248 g/mol. The highest BCUT2D eigenvalue weighted by Gasteiger charge is 2.48. The third-order valence-corrected chi connectivity index (χ3v) is 6.23. The topological polar surface area (TPSA) is 24.1 Å². The summed E-state index contributed by atoms with van der Waals surface area (Å²) in [5, 5.41) is 7.64. The Hall–Kier alpha value is -0.0800. The Bertz CT molecular complexity index is 265. The van der Waals surface area contributed by atoms with E-state index in [2.05, 4.69) is 10.6 Å². The summed E-state index contributed by atoms with van der Waals surface area (Å²) in [6.45, 7) is 2.46. The molecule has 0 aromatic carbocycles. The lowest BCUT2D eigenvalue weighted by molar-refractivity contribution is -0.0181. The first-order valence-electron chi connectivity index (χ1n) is 8.35. The first-order valence-corrected chi connectivity index (χ1v) is 8.35. The molecule has 1 unspecified atom stereocenters. The van der Waals surface area contributed by atoms with E-state index in [1.54, 1.807) is 32.1 Å². The molecule has 0 radical (unpaired) electrons. The van der Waals surface area contributed by atoms with Crippen LogP contribution < -0.4 is 10.6 Å². The summed E-state index contributed by atoms with van der Waals surface area (Å²) in [6, 6.07) is 1.70. The zero-order valence-corrected chi connectivity index (χ0v) is 11.5. The van der Waals surface area contributed by atoms with E-state index in [1.807, 2.05) is 0 Å². The van der Waals surface area contributed by atoms with Gasteiger partial charge in [-0.3, -0.25) is 0 Å². The van der Waals surface area contributed by atoms with Gasteiger partial charge in [0.25, 0.3) is 0 Å². The van der Waals surface area contributed by atoms with Crippen LogP contribution in [0.4, 0.5) is 0 Å². The van der Waals surface area contributed by atoms with Crippen molar-refractivity contribution in [2.75, 3.05) is 13.1 Å². The van der Waals surface area contributed by atoms with Gasteiger partial charge in [0.15, 0.2) is 0 Å². The van der Waals surface area contributed by atoms with Crippen LogP contribution in [0.15, 0.2) is 0 Å². The maximum absolute atomic E-state index is 4.10. The third kappa shape index (κ3) is 2.12. The predicted molar refractivity (Wildman–Crippen MR) is 74.5 cm³/mol. The molecule has 2 heteroatoms. The van der Waals surface area contributed by atoms with E-state index >= 15 is 0 Å². The fourth-order valence-corrected chi connectivity index (χ4v) is 5.66. The van der Waals surface area contributed by atoms with Gasteiger partial charge < -0.3 is 10.6 Å². The summed E-state index contributed by atoms with van der Waals surface area (Å²) in [7, 11) is 0. The molecule has 18 heavy (non-hydrogen) atoms. The lowest BCUT2D eigenvalue weighted by Gasteiger charge is -2.55. The highest BCUT2D eigenvalue weighted by atomic mass is 15.0. The van der Waals surface area contributed by atoms with Crippen LogP contribution in [-0.2, 0) is 0 Å². The van der Waals surface area contributed by atoms with E-state index in [-0.39, 0.29) is 0 Å². The fourth-order valence-electron chi connectivity index (χ4n) is 5.66. The number of rotatable bonds is 2. The highest BCUT2D eigenvalue weighted by Crippen LogP contribution is 2.53. The summed E-state index contributed by atoms with van der Waals surface area (Å²) in [6.07, 6.45) is 11.9. The highest BCUT2D eigenvalue weighted by molar-refractivity contribution is 5.02. The van der Waals surface area contributed by atoms with Gasteiger partial charge in [-0.2, -0.15) is 0 Å². The molecule has 1 aliphatic heterocycles. The molecule has 5 fully saturated rings. The maximum atomic E-state index is 4.10. The summed E-state index contributed by atoms with van der Waals surface area (Å²) in [4.78, 5) is 0. The SMILES string of the molecule is C1CNCCC(NC2C3CC4CC(C3)CC2C4)C1. The van der Waals surface area contributed by atoms with Gasteiger partial charge in [-0.15, -0.1) is 0 Å². The van der Waals surface area contributed by atoms with Crippen LogP contribution in [0.25, 0.3) is 0 Å². The molecule has 4 aliphatic carbocycles. The molecule has 2 N–H and O–H groups in total. The van der Waals surface area contributed by atoms with Crippen LogP contribution in [0.3, 0.4) is 0 Å². The van der Waals surface area contributed by atoms with Gasteiger partial charge in [0.2, 0.25) is 0 Å². The minimum atomic E-state index is 0.808. The van der Waals surface area contributed by atoms with Crippen LogP contribution in [0, 0.1) is 23.7 Å². The first-order chi connectivity index (χ1) is 8.88. The first kappa shape index (κ1) is 11.7. The third-order valence-electron chi connectivity index (χ3n) is 6.23. The Kier molecular flexibility index (Phi) is 3.12. The zero-order chi connectivity index (χ0) is 11.9. The Morgan fingerprint density at radius 1 is 0.778 bits per heavy atom.